The molecule has 154 valence electrons. The molecule has 2 heterocycles. The molecule has 7 heteroatoms. The number of nitrogens with zero attached hydrogens (tertiary/aromatic N) is 3. The van der Waals surface area contributed by atoms with Crippen molar-refractivity contribution in [1.82, 2.24) is 15.3 Å². The van der Waals surface area contributed by atoms with Crippen molar-refractivity contribution in [3.05, 3.63) is 41.3 Å². The number of aryl methyl sites for hydroxylation is 2. The molecule has 0 unspecified atom stereocenters. The van der Waals surface area contributed by atoms with Crippen LogP contribution in [0.2, 0.25) is 0 Å². The Kier molecular flexibility index (Phi) is 5.83. The summed E-state index contributed by atoms with van der Waals surface area (Å²) in [6.45, 7) is 3.76. The van der Waals surface area contributed by atoms with Crippen LogP contribution in [-0.2, 0) is 12.8 Å². The predicted molar refractivity (Wildman–Crippen MR) is 114 cm³/mol. The average molecular weight is 396 g/mol. The van der Waals surface area contributed by atoms with E-state index < -0.39 is 0 Å². The van der Waals surface area contributed by atoms with Crippen LogP contribution in [0.25, 0.3) is 0 Å². The summed E-state index contributed by atoms with van der Waals surface area (Å²) in [5, 5.41) is 5.99. The van der Waals surface area contributed by atoms with E-state index in [-0.39, 0.29) is 12.1 Å². The van der Waals surface area contributed by atoms with Crippen LogP contribution in [0.15, 0.2) is 24.3 Å². The molecule has 0 radical (unpaired) electrons. The number of para-hydroxylation sites is 2. The smallest absolute Gasteiger partial charge is 0.319 e. The zero-order valence-electron chi connectivity index (χ0n) is 17.2. The van der Waals surface area contributed by atoms with Crippen LogP contribution in [0, 0.1) is 6.92 Å². The van der Waals surface area contributed by atoms with Crippen LogP contribution in [0.5, 0.6) is 5.75 Å². The van der Waals surface area contributed by atoms with Crippen molar-refractivity contribution in [2.45, 2.75) is 51.5 Å². The number of urea groups is 1. The molecular weight excluding hydrogens is 366 g/mol. The second kappa shape index (κ2) is 8.68. The lowest BCUT2D eigenvalue weighted by Crippen LogP contribution is -2.46. The number of fused-ring (bicyclic) bond motifs is 1. The number of nitrogens with one attached hydrogen (secondary N) is 2. The maximum atomic E-state index is 12.4. The van der Waals surface area contributed by atoms with Gasteiger partial charge in [-0.2, -0.15) is 0 Å². The van der Waals surface area contributed by atoms with Crippen LogP contribution in [0.4, 0.5) is 16.3 Å². The van der Waals surface area contributed by atoms with E-state index in [9.17, 15) is 4.79 Å². The lowest BCUT2D eigenvalue weighted by molar-refractivity contribution is 0.246. The summed E-state index contributed by atoms with van der Waals surface area (Å²) in [5.41, 5.74) is 3.24. The fraction of sp³-hybridized carbons (Fsp3) is 0.500. The molecule has 4 rings (SSSR count). The summed E-state index contributed by atoms with van der Waals surface area (Å²) >= 11 is 0. The largest absolute Gasteiger partial charge is 0.495 e. The van der Waals surface area contributed by atoms with Crippen molar-refractivity contribution in [1.29, 1.82) is 0 Å². The van der Waals surface area contributed by atoms with E-state index in [2.05, 4.69) is 20.5 Å². The Labute approximate surface area is 171 Å². The highest BCUT2D eigenvalue weighted by molar-refractivity contribution is 5.91. The van der Waals surface area contributed by atoms with Crippen molar-refractivity contribution < 1.29 is 9.53 Å². The third kappa shape index (κ3) is 4.44. The minimum Gasteiger partial charge on any atom is -0.495 e. The molecule has 2 amide bonds. The molecule has 1 aromatic carbocycles. The molecule has 1 aliphatic heterocycles. The van der Waals surface area contributed by atoms with Crippen molar-refractivity contribution in [2.75, 3.05) is 30.4 Å². The quantitative estimate of drug-likeness (QED) is 0.829. The summed E-state index contributed by atoms with van der Waals surface area (Å²) in [7, 11) is 1.60. The van der Waals surface area contributed by atoms with Gasteiger partial charge >= 0.3 is 6.03 Å². The van der Waals surface area contributed by atoms with Gasteiger partial charge in [0.2, 0.25) is 0 Å². The Morgan fingerprint density at radius 2 is 1.90 bits per heavy atom. The number of carbonyl (C=O) groups is 1. The number of aromatic nitrogens is 2. The Balaban J connectivity index is 1.35. The predicted octanol–water partition coefficient (Wildman–Crippen LogP) is 3.46. The SMILES string of the molecule is COc1ccccc1NC(=O)NC1CCN(c2nc(C)nc3c2CCCC3)CC1. The number of anilines is 2. The molecule has 2 N–H and O–H groups in total. The first-order valence-electron chi connectivity index (χ1n) is 10.5. The molecule has 2 aromatic rings. The van der Waals surface area contributed by atoms with Gasteiger partial charge in [-0.1, -0.05) is 12.1 Å². The van der Waals surface area contributed by atoms with E-state index in [0.717, 1.165) is 50.4 Å². The van der Waals surface area contributed by atoms with Crippen molar-refractivity contribution >= 4 is 17.5 Å². The van der Waals surface area contributed by atoms with Crippen LogP contribution in [0.3, 0.4) is 0 Å². The number of piperidine rings is 1. The molecule has 0 bridgehead atoms. The first-order valence-corrected chi connectivity index (χ1v) is 10.5. The van der Waals surface area contributed by atoms with Crippen LogP contribution in [0.1, 0.15) is 42.8 Å². The highest BCUT2D eigenvalue weighted by Crippen LogP contribution is 2.30. The lowest BCUT2D eigenvalue weighted by atomic mass is 9.95. The number of hydrogen-bond acceptors (Lipinski definition) is 5. The minimum atomic E-state index is -0.191. The van der Waals surface area contributed by atoms with E-state index in [1.54, 1.807) is 7.11 Å². The Morgan fingerprint density at radius 1 is 1.14 bits per heavy atom. The molecule has 29 heavy (non-hydrogen) atoms. The van der Waals surface area contributed by atoms with Crippen LogP contribution < -0.4 is 20.3 Å². The summed E-state index contributed by atoms with van der Waals surface area (Å²) in [6, 6.07) is 7.38. The number of rotatable bonds is 4. The summed E-state index contributed by atoms with van der Waals surface area (Å²) in [5.74, 6) is 2.63. The van der Waals surface area contributed by atoms with Crippen molar-refractivity contribution in [3.63, 3.8) is 0 Å². The second-order valence-corrected chi connectivity index (χ2v) is 7.79. The average Bonchev–Trinajstić information content (AvgIpc) is 2.74. The van der Waals surface area contributed by atoms with Gasteiger partial charge in [0.1, 0.15) is 17.4 Å². The molecule has 1 fully saturated rings. The fourth-order valence-electron chi connectivity index (χ4n) is 4.28. The van der Waals surface area contributed by atoms with E-state index in [4.69, 9.17) is 9.72 Å². The maximum Gasteiger partial charge on any atom is 0.319 e. The number of benzene rings is 1. The Hall–Kier alpha value is -2.83. The molecule has 0 spiro atoms. The molecule has 1 aromatic heterocycles. The van der Waals surface area contributed by atoms with Gasteiger partial charge in [-0.15, -0.1) is 0 Å². The van der Waals surface area contributed by atoms with Crippen molar-refractivity contribution in [3.8, 4) is 5.75 Å². The van der Waals surface area contributed by atoms with Gasteiger partial charge in [-0.3, -0.25) is 0 Å². The Morgan fingerprint density at radius 3 is 2.69 bits per heavy atom. The number of ether oxygens (including phenoxy) is 1. The van der Waals surface area contributed by atoms with Gasteiger partial charge in [0, 0.05) is 30.4 Å². The number of carbonyl (C=O) groups excluding carboxylic acids is 1. The van der Waals surface area contributed by atoms with Gasteiger partial charge in [-0.25, -0.2) is 14.8 Å². The fourth-order valence-corrected chi connectivity index (χ4v) is 4.28. The third-order valence-corrected chi connectivity index (χ3v) is 5.76. The van der Waals surface area contributed by atoms with Gasteiger partial charge < -0.3 is 20.3 Å². The van der Waals surface area contributed by atoms with E-state index >= 15 is 0 Å². The highest BCUT2D eigenvalue weighted by atomic mass is 16.5. The minimum absolute atomic E-state index is 0.153. The summed E-state index contributed by atoms with van der Waals surface area (Å²) in [4.78, 5) is 24.2. The zero-order chi connectivity index (χ0) is 20.2. The highest BCUT2D eigenvalue weighted by Gasteiger charge is 2.26. The topological polar surface area (TPSA) is 79.4 Å². The lowest BCUT2D eigenvalue weighted by Gasteiger charge is -2.35. The van der Waals surface area contributed by atoms with E-state index in [1.165, 1.54) is 24.1 Å². The molecule has 0 saturated carbocycles. The number of methoxy groups -OCH3 is 1. The molecule has 1 aliphatic carbocycles. The monoisotopic (exact) mass is 395 g/mol. The number of hydrogen-bond donors (Lipinski definition) is 2. The summed E-state index contributed by atoms with van der Waals surface area (Å²) < 4.78 is 5.29. The van der Waals surface area contributed by atoms with Crippen molar-refractivity contribution in [2.24, 2.45) is 0 Å². The maximum absolute atomic E-state index is 12.4. The van der Waals surface area contributed by atoms with Crippen LogP contribution >= 0.6 is 0 Å². The second-order valence-electron chi connectivity index (χ2n) is 7.79. The van der Waals surface area contributed by atoms with Gasteiger partial charge in [0.25, 0.3) is 0 Å². The normalized spacial score (nSPS) is 16.8. The molecule has 0 atom stereocenters. The first-order chi connectivity index (χ1) is 14.1. The third-order valence-electron chi connectivity index (χ3n) is 5.76. The van der Waals surface area contributed by atoms with Gasteiger partial charge in [-0.05, 0) is 57.6 Å². The number of amides is 2. The molecule has 2 aliphatic rings. The molecule has 1 saturated heterocycles. The van der Waals surface area contributed by atoms with Gasteiger partial charge in [0.15, 0.2) is 0 Å². The van der Waals surface area contributed by atoms with E-state index in [0.29, 0.717) is 11.4 Å². The summed E-state index contributed by atoms with van der Waals surface area (Å²) in [6.07, 6.45) is 6.37. The first kappa shape index (κ1) is 19.5. The standard InChI is InChI=1S/C22H29N5O2/c1-15-23-18-8-4-3-7-17(18)21(24-15)27-13-11-16(12-14-27)25-22(28)26-19-9-5-6-10-20(19)29-2/h5-6,9-10,16H,3-4,7-8,11-14H2,1-2H3,(H2,25,26,28). The molecular formula is C22H29N5O2. The van der Waals surface area contributed by atoms with Crippen LogP contribution in [-0.4, -0.2) is 42.2 Å². The van der Waals surface area contributed by atoms with E-state index in [1.807, 2.05) is 31.2 Å². The Bertz CT molecular complexity index is 878. The van der Waals surface area contributed by atoms with Gasteiger partial charge in [0.05, 0.1) is 12.8 Å². The molecule has 7 nitrogen and oxygen atoms in total. The zero-order valence-corrected chi connectivity index (χ0v) is 17.2.